The third kappa shape index (κ3) is 8.24. The summed E-state index contributed by atoms with van der Waals surface area (Å²) >= 11 is 0. The van der Waals surface area contributed by atoms with Gasteiger partial charge in [-0.1, -0.05) is 36.4 Å². The van der Waals surface area contributed by atoms with Crippen LogP contribution in [0.15, 0.2) is 124 Å². The largest absolute Gasteiger partial charge is 0.497 e. The average molecular weight is 692 g/mol. The zero-order valence-electron chi connectivity index (χ0n) is 25.8. The molecule has 15 heteroatoms. The predicted molar refractivity (Wildman–Crippen MR) is 179 cm³/mol. The molecule has 0 aromatic heterocycles. The molecule has 13 nitrogen and oxygen atoms in total. The molecule has 2 amide bonds. The van der Waals surface area contributed by atoms with E-state index in [0.717, 1.165) is 8.61 Å². The Bertz CT molecular complexity index is 1960. The van der Waals surface area contributed by atoms with Gasteiger partial charge in [-0.05, 0) is 78.4 Å². The maximum absolute atomic E-state index is 13.6. The number of carbonyl (C=O) groups is 2. The van der Waals surface area contributed by atoms with Crippen LogP contribution in [-0.4, -0.2) is 82.9 Å². The molecular weight excluding hydrogens is 659 g/mol. The molecule has 1 fully saturated rings. The standard InChI is InChI=1S/C33H33N5O8S2/c1-45-27-18-14-26(15-19-27)35-32(39)24-46-28-16-12-25(13-17-28)22-34-36-33(40)31-23-37(47(41,42)29-8-4-2-5-9-29)20-21-38(31)48(43,44)30-10-6-3-7-11-30/h2-19,22,31H,20-21,23-24H2,1H3,(H,35,39)(H,36,40)/b34-22-/t31-/m1/s1. The van der Waals surface area contributed by atoms with E-state index in [1.165, 1.54) is 30.5 Å². The van der Waals surface area contributed by atoms with Crippen LogP contribution >= 0.6 is 0 Å². The average Bonchev–Trinajstić information content (AvgIpc) is 3.12. The fourth-order valence-electron chi connectivity index (χ4n) is 4.85. The minimum Gasteiger partial charge on any atom is -0.497 e. The van der Waals surface area contributed by atoms with E-state index in [4.69, 9.17) is 9.47 Å². The van der Waals surface area contributed by atoms with Gasteiger partial charge in [-0.2, -0.15) is 13.7 Å². The molecule has 5 rings (SSSR count). The summed E-state index contributed by atoms with van der Waals surface area (Å²) in [4.78, 5) is 25.7. The summed E-state index contributed by atoms with van der Waals surface area (Å²) in [6, 6.07) is 27.3. The van der Waals surface area contributed by atoms with Crippen LogP contribution in [0.5, 0.6) is 11.5 Å². The number of rotatable bonds is 12. The number of carbonyl (C=O) groups excluding carboxylic acids is 2. The monoisotopic (exact) mass is 691 g/mol. The Morgan fingerprint density at radius 2 is 1.38 bits per heavy atom. The van der Waals surface area contributed by atoms with E-state index in [0.29, 0.717) is 22.7 Å². The number of methoxy groups -OCH3 is 1. The zero-order valence-corrected chi connectivity index (χ0v) is 27.4. The first kappa shape index (κ1) is 34.3. The molecule has 1 saturated heterocycles. The number of piperazine rings is 1. The van der Waals surface area contributed by atoms with Gasteiger partial charge >= 0.3 is 0 Å². The van der Waals surface area contributed by atoms with E-state index in [9.17, 15) is 26.4 Å². The van der Waals surface area contributed by atoms with Crippen LogP contribution in [0.4, 0.5) is 5.69 Å². The molecule has 0 saturated carbocycles. The van der Waals surface area contributed by atoms with Crippen LogP contribution in [0.2, 0.25) is 0 Å². The van der Waals surface area contributed by atoms with Crippen molar-refractivity contribution in [2.24, 2.45) is 5.10 Å². The van der Waals surface area contributed by atoms with Crippen LogP contribution in [0.1, 0.15) is 5.56 Å². The first-order valence-electron chi connectivity index (χ1n) is 14.7. The maximum atomic E-state index is 13.6. The molecule has 250 valence electrons. The maximum Gasteiger partial charge on any atom is 0.262 e. The number of nitrogens with zero attached hydrogens (tertiary/aromatic N) is 3. The topological polar surface area (TPSA) is 164 Å². The number of sulfonamides is 2. The lowest BCUT2D eigenvalue weighted by molar-refractivity contribution is -0.125. The second kappa shape index (κ2) is 15.2. The van der Waals surface area contributed by atoms with E-state index >= 15 is 0 Å². The summed E-state index contributed by atoms with van der Waals surface area (Å²) in [6.07, 6.45) is 1.34. The molecule has 48 heavy (non-hydrogen) atoms. The summed E-state index contributed by atoms with van der Waals surface area (Å²) in [5.41, 5.74) is 3.52. The number of hydrogen-bond donors (Lipinski definition) is 2. The molecule has 1 aliphatic heterocycles. The first-order chi connectivity index (χ1) is 23.1. The lowest BCUT2D eigenvalue weighted by atomic mass is 10.2. The minimum atomic E-state index is -4.15. The predicted octanol–water partition coefficient (Wildman–Crippen LogP) is 2.93. The van der Waals surface area contributed by atoms with Crippen molar-refractivity contribution in [3.8, 4) is 11.5 Å². The summed E-state index contributed by atoms with van der Waals surface area (Å²) in [6.45, 7) is -1.03. The molecule has 0 spiro atoms. The van der Waals surface area contributed by atoms with Crippen molar-refractivity contribution < 1.29 is 35.9 Å². The Hall–Kier alpha value is -5.09. The molecule has 1 aliphatic rings. The van der Waals surface area contributed by atoms with Gasteiger partial charge in [-0.25, -0.2) is 22.3 Å². The van der Waals surface area contributed by atoms with Crippen molar-refractivity contribution in [3.05, 3.63) is 115 Å². The second-order valence-corrected chi connectivity index (χ2v) is 14.3. The number of hydrazone groups is 1. The highest BCUT2D eigenvalue weighted by Crippen LogP contribution is 2.25. The molecule has 0 radical (unpaired) electrons. The number of nitrogens with one attached hydrogen (secondary N) is 2. The molecule has 4 aromatic rings. The number of anilines is 1. The van der Waals surface area contributed by atoms with Gasteiger partial charge in [0.25, 0.3) is 11.8 Å². The van der Waals surface area contributed by atoms with Gasteiger partial charge in [0.2, 0.25) is 20.0 Å². The molecule has 1 heterocycles. The Balaban J connectivity index is 1.23. The van der Waals surface area contributed by atoms with E-state index in [-0.39, 0.29) is 35.4 Å². The van der Waals surface area contributed by atoms with E-state index in [2.05, 4.69) is 15.8 Å². The van der Waals surface area contributed by atoms with Crippen molar-refractivity contribution >= 4 is 43.8 Å². The Morgan fingerprint density at radius 3 is 1.98 bits per heavy atom. The highest BCUT2D eigenvalue weighted by molar-refractivity contribution is 7.89. The first-order valence-corrected chi connectivity index (χ1v) is 17.6. The Kier molecular flexibility index (Phi) is 10.9. The van der Waals surface area contributed by atoms with E-state index in [1.54, 1.807) is 92.0 Å². The SMILES string of the molecule is COc1ccc(NC(=O)COc2ccc(/C=N\NC(=O)[C@H]3CN(S(=O)(=O)c4ccccc4)CCN3S(=O)(=O)c3ccccc3)cc2)cc1. The number of hydrogen-bond acceptors (Lipinski definition) is 9. The molecule has 2 N–H and O–H groups in total. The third-order valence-corrected chi connectivity index (χ3v) is 11.1. The lowest BCUT2D eigenvalue weighted by Crippen LogP contribution is -2.60. The van der Waals surface area contributed by atoms with Crippen molar-refractivity contribution in [2.75, 3.05) is 38.7 Å². The van der Waals surface area contributed by atoms with Crippen molar-refractivity contribution in [1.82, 2.24) is 14.0 Å². The van der Waals surface area contributed by atoms with Gasteiger partial charge in [0.05, 0.1) is 23.1 Å². The summed E-state index contributed by atoms with van der Waals surface area (Å²) < 4.78 is 66.6. The molecule has 0 unspecified atom stereocenters. The van der Waals surface area contributed by atoms with Gasteiger partial charge in [-0.3, -0.25) is 9.59 Å². The minimum absolute atomic E-state index is 0.0220. The summed E-state index contributed by atoms with van der Waals surface area (Å²) in [7, 11) is -6.61. The zero-order chi connectivity index (χ0) is 34.1. The third-order valence-electron chi connectivity index (χ3n) is 7.34. The lowest BCUT2D eigenvalue weighted by Gasteiger charge is -2.38. The molecule has 0 bridgehead atoms. The summed E-state index contributed by atoms with van der Waals surface area (Å²) in [5.74, 6) is -0.0682. The second-order valence-electron chi connectivity index (χ2n) is 10.5. The Labute approximate surface area is 278 Å². The van der Waals surface area contributed by atoms with E-state index < -0.39 is 38.5 Å². The van der Waals surface area contributed by atoms with Crippen LogP contribution < -0.4 is 20.2 Å². The van der Waals surface area contributed by atoms with Crippen molar-refractivity contribution in [2.45, 2.75) is 15.8 Å². The van der Waals surface area contributed by atoms with Gasteiger partial charge < -0.3 is 14.8 Å². The smallest absolute Gasteiger partial charge is 0.262 e. The number of benzene rings is 4. The molecule has 0 aliphatic carbocycles. The van der Waals surface area contributed by atoms with Crippen LogP contribution in [0.25, 0.3) is 0 Å². The Morgan fingerprint density at radius 1 is 0.792 bits per heavy atom. The van der Waals surface area contributed by atoms with Crippen molar-refractivity contribution in [1.29, 1.82) is 0 Å². The van der Waals surface area contributed by atoms with Gasteiger partial charge in [0, 0.05) is 25.3 Å². The number of ether oxygens (including phenoxy) is 2. The van der Waals surface area contributed by atoms with Crippen LogP contribution in [0, 0.1) is 0 Å². The van der Waals surface area contributed by atoms with Crippen LogP contribution in [0.3, 0.4) is 0 Å². The van der Waals surface area contributed by atoms with Gasteiger partial charge in [-0.15, -0.1) is 0 Å². The number of amides is 2. The van der Waals surface area contributed by atoms with Gasteiger partial charge in [0.15, 0.2) is 6.61 Å². The molecule has 1 atom stereocenters. The molecular formula is C33H33N5O8S2. The van der Waals surface area contributed by atoms with E-state index in [1.807, 2.05) is 0 Å². The fraction of sp³-hybridized carbons (Fsp3) is 0.182. The quantitative estimate of drug-likeness (QED) is 0.169. The normalized spacial score (nSPS) is 15.9. The van der Waals surface area contributed by atoms with Gasteiger partial charge in [0.1, 0.15) is 17.5 Å². The fourth-order valence-corrected chi connectivity index (χ4v) is 7.90. The molecule has 4 aromatic carbocycles. The highest BCUT2D eigenvalue weighted by atomic mass is 32.2. The highest BCUT2D eigenvalue weighted by Gasteiger charge is 2.43. The van der Waals surface area contributed by atoms with Crippen LogP contribution in [-0.2, 0) is 29.6 Å². The van der Waals surface area contributed by atoms with Crippen molar-refractivity contribution in [3.63, 3.8) is 0 Å². The summed E-state index contributed by atoms with van der Waals surface area (Å²) in [5, 5.41) is 6.71.